The maximum atomic E-state index is 13.4. The van der Waals surface area contributed by atoms with Gasteiger partial charge in [0.1, 0.15) is 0 Å². The van der Waals surface area contributed by atoms with Crippen LogP contribution in [0.2, 0.25) is 0 Å². The van der Waals surface area contributed by atoms with Gasteiger partial charge in [-0.3, -0.25) is 0 Å². The molecule has 2 aromatic carbocycles. The van der Waals surface area contributed by atoms with Gasteiger partial charge in [-0.05, 0) is 42.2 Å². The lowest BCUT2D eigenvalue weighted by Crippen LogP contribution is -2.45. The van der Waals surface area contributed by atoms with Crippen LogP contribution in [0.15, 0.2) is 47.4 Å². The van der Waals surface area contributed by atoms with Gasteiger partial charge in [0.15, 0.2) is 9.84 Å². The van der Waals surface area contributed by atoms with E-state index in [2.05, 4.69) is 0 Å². The molecule has 0 amide bonds. The Balaban J connectivity index is 1.71. The number of sulfonamides is 1. The first-order valence-corrected chi connectivity index (χ1v) is 12.4. The molecule has 0 aromatic heterocycles. The molecule has 2 aliphatic heterocycles. The summed E-state index contributed by atoms with van der Waals surface area (Å²) < 4.78 is 57.8. The zero-order valence-corrected chi connectivity index (χ0v) is 16.6. The Kier molecular flexibility index (Phi) is 5.00. The highest BCUT2D eigenvalue weighted by Gasteiger charge is 2.40. The summed E-state index contributed by atoms with van der Waals surface area (Å²) in [6.45, 7) is 0.826. The third-order valence-corrected chi connectivity index (χ3v) is 9.02. The van der Waals surface area contributed by atoms with Crippen molar-refractivity contribution in [2.45, 2.75) is 36.3 Å². The molecule has 0 spiro atoms. The van der Waals surface area contributed by atoms with E-state index in [9.17, 15) is 16.8 Å². The van der Waals surface area contributed by atoms with E-state index < -0.39 is 25.9 Å². The topological polar surface area (TPSA) is 80.8 Å². The lowest BCUT2D eigenvalue weighted by atomic mass is 10.1. The van der Waals surface area contributed by atoms with Crippen molar-refractivity contribution in [3.05, 3.63) is 42.5 Å². The van der Waals surface area contributed by atoms with Crippen molar-refractivity contribution in [3.8, 4) is 0 Å². The van der Waals surface area contributed by atoms with Crippen molar-refractivity contribution in [1.29, 1.82) is 0 Å². The lowest BCUT2D eigenvalue weighted by Gasteiger charge is -2.29. The van der Waals surface area contributed by atoms with Crippen LogP contribution in [0.25, 0.3) is 10.8 Å². The number of sulfone groups is 1. The quantitative estimate of drug-likeness (QED) is 0.756. The molecule has 4 rings (SSSR count). The number of rotatable bonds is 5. The fraction of sp³-hybridized carbons (Fsp3) is 0.474. The van der Waals surface area contributed by atoms with Crippen molar-refractivity contribution in [3.63, 3.8) is 0 Å². The van der Waals surface area contributed by atoms with Gasteiger partial charge in [0, 0.05) is 19.2 Å². The predicted molar refractivity (Wildman–Crippen MR) is 104 cm³/mol. The Morgan fingerprint density at radius 1 is 1.07 bits per heavy atom. The summed E-state index contributed by atoms with van der Waals surface area (Å²) in [5, 5.41) is 1.81. The van der Waals surface area contributed by atoms with Crippen molar-refractivity contribution in [2.24, 2.45) is 0 Å². The van der Waals surface area contributed by atoms with E-state index in [0.29, 0.717) is 13.0 Å². The second kappa shape index (κ2) is 7.16. The predicted octanol–water partition coefficient (Wildman–Crippen LogP) is 2.20. The largest absolute Gasteiger partial charge is 0.377 e. The summed E-state index contributed by atoms with van der Waals surface area (Å²) in [4.78, 5) is 0.198. The highest BCUT2D eigenvalue weighted by molar-refractivity contribution is 7.92. The number of nitrogens with zero attached hydrogens (tertiary/aromatic N) is 1. The second-order valence-corrected chi connectivity index (χ2v) is 11.4. The van der Waals surface area contributed by atoms with E-state index >= 15 is 0 Å². The third kappa shape index (κ3) is 3.89. The first-order valence-electron chi connectivity index (χ1n) is 9.18. The summed E-state index contributed by atoms with van der Waals surface area (Å²) >= 11 is 0. The molecular formula is C19H23NO5S2. The maximum Gasteiger partial charge on any atom is 0.243 e. The zero-order valence-electron chi connectivity index (χ0n) is 15.0. The summed E-state index contributed by atoms with van der Waals surface area (Å²) in [6, 6.07) is 12.1. The van der Waals surface area contributed by atoms with Crippen molar-refractivity contribution >= 4 is 30.6 Å². The lowest BCUT2D eigenvalue weighted by molar-refractivity contribution is 0.0877. The molecular weight excluding hydrogens is 386 g/mol. The van der Waals surface area contributed by atoms with Crippen molar-refractivity contribution in [2.75, 3.05) is 24.7 Å². The van der Waals surface area contributed by atoms with Gasteiger partial charge < -0.3 is 4.74 Å². The molecule has 2 atom stereocenters. The Hall–Kier alpha value is -1.48. The fourth-order valence-electron chi connectivity index (χ4n) is 3.90. The highest BCUT2D eigenvalue weighted by Crippen LogP contribution is 2.29. The average molecular weight is 410 g/mol. The second-order valence-electron chi connectivity index (χ2n) is 7.28. The Morgan fingerprint density at radius 3 is 2.52 bits per heavy atom. The molecule has 6 nitrogen and oxygen atoms in total. The van der Waals surface area contributed by atoms with Crippen LogP contribution in [-0.2, 0) is 24.6 Å². The number of benzene rings is 2. The molecule has 0 saturated carbocycles. The average Bonchev–Trinajstić information content (AvgIpc) is 3.28. The standard InChI is InChI=1S/C19H23NO5S2/c21-26(22)11-9-17(14-26)20(13-18-6-3-10-25-18)27(23,24)19-8-7-15-4-1-2-5-16(15)12-19/h1-2,4-5,7-8,12,17-18H,3,6,9-11,13-14H2/t17-,18+/m1/s1. The molecule has 2 heterocycles. The van der Waals surface area contributed by atoms with E-state index in [-0.39, 0.29) is 29.0 Å². The van der Waals surface area contributed by atoms with Crippen molar-refractivity contribution in [1.82, 2.24) is 4.31 Å². The van der Waals surface area contributed by atoms with Crippen LogP contribution < -0.4 is 0 Å². The van der Waals surface area contributed by atoms with Crippen LogP contribution >= 0.6 is 0 Å². The van der Waals surface area contributed by atoms with Crippen LogP contribution in [0, 0.1) is 0 Å². The number of fused-ring (bicyclic) bond motifs is 1. The molecule has 146 valence electrons. The molecule has 0 radical (unpaired) electrons. The minimum atomic E-state index is -3.82. The van der Waals surface area contributed by atoms with Crippen LogP contribution in [0.5, 0.6) is 0 Å². The van der Waals surface area contributed by atoms with E-state index in [0.717, 1.165) is 23.6 Å². The van der Waals surface area contributed by atoms with Gasteiger partial charge in [-0.15, -0.1) is 0 Å². The summed E-state index contributed by atoms with van der Waals surface area (Å²) in [7, 11) is -7.02. The van der Waals surface area contributed by atoms with Gasteiger partial charge in [0.25, 0.3) is 0 Å². The first kappa shape index (κ1) is 18.9. The normalized spacial score (nSPS) is 25.4. The van der Waals surface area contributed by atoms with Crippen LogP contribution in [0.4, 0.5) is 0 Å². The van der Waals surface area contributed by atoms with Gasteiger partial charge in [-0.25, -0.2) is 16.8 Å². The molecule has 0 aliphatic carbocycles. The smallest absolute Gasteiger partial charge is 0.243 e. The van der Waals surface area contributed by atoms with E-state index in [1.807, 2.05) is 24.3 Å². The molecule has 27 heavy (non-hydrogen) atoms. The van der Waals surface area contributed by atoms with Crippen LogP contribution in [0.1, 0.15) is 19.3 Å². The van der Waals surface area contributed by atoms with E-state index in [1.54, 1.807) is 18.2 Å². The highest BCUT2D eigenvalue weighted by atomic mass is 32.2. The Bertz CT molecular complexity index is 1040. The number of hydrogen-bond acceptors (Lipinski definition) is 5. The van der Waals surface area contributed by atoms with Gasteiger partial charge in [-0.2, -0.15) is 4.31 Å². The van der Waals surface area contributed by atoms with Gasteiger partial charge in [0.2, 0.25) is 10.0 Å². The van der Waals surface area contributed by atoms with E-state index in [1.165, 1.54) is 4.31 Å². The molecule has 0 unspecified atom stereocenters. The molecule has 2 saturated heterocycles. The number of hydrogen-bond donors (Lipinski definition) is 0. The Morgan fingerprint density at radius 2 is 1.85 bits per heavy atom. The maximum absolute atomic E-state index is 13.4. The summed E-state index contributed by atoms with van der Waals surface area (Å²) in [6.07, 6.45) is 1.85. The number of ether oxygens (including phenoxy) is 1. The monoisotopic (exact) mass is 409 g/mol. The molecule has 2 aromatic rings. The fourth-order valence-corrected chi connectivity index (χ4v) is 7.44. The van der Waals surface area contributed by atoms with E-state index in [4.69, 9.17) is 4.74 Å². The van der Waals surface area contributed by atoms with Crippen molar-refractivity contribution < 1.29 is 21.6 Å². The van der Waals surface area contributed by atoms with Gasteiger partial charge >= 0.3 is 0 Å². The van der Waals surface area contributed by atoms with Gasteiger partial charge in [-0.1, -0.05) is 30.3 Å². The molecule has 0 bridgehead atoms. The third-order valence-electron chi connectivity index (χ3n) is 5.35. The Labute approximate surface area is 160 Å². The summed E-state index contributed by atoms with van der Waals surface area (Å²) in [5.74, 6) is -0.0839. The SMILES string of the molecule is O=S1(=O)CC[C@@H](N(C[C@@H]2CCCO2)S(=O)(=O)c2ccc3ccccc3c2)C1. The molecule has 8 heteroatoms. The minimum absolute atomic E-state index is 0.0347. The summed E-state index contributed by atoms with van der Waals surface area (Å²) in [5.41, 5.74) is 0. The zero-order chi connectivity index (χ0) is 19.1. The van der Waals surface area contributed by atoms with Gasteiger partial charge in [0.05, 0.1) is 22.5 Å². The first-order chi connectivity index (χ1) is 12.9. The minimum Gasteiger partial charge on any atom is -0.377 e. The van der Waals surface area contributed by atoms with Crippen LogP contribution in [0.3, 0.4) is 0 Å². The molecule has 2 aliphatic rings. The van der Waals surface area contributed by atoms with Crippen LogP contribution in [-0.4, -0.2) is 57.9 Å². The molecule has 0 N–H and O–H groups in total. The molecule has 2 fully saturated rings.